The highest BCUT2D eigenvalue weighted by molar-refractivity contribution is 4.80. The van der Waals surface area contributed by atoms with Gasteiger partial charge in [0.15, 0.2) is 5.79 Å². The molecule has 0 aliphatic rings. The van der Waals surface area contributed by atoms with Crippen LogP contribution in [0.25, 0.3) is 0 Å². The summed E-state index contributed by atoms with van der Waals surface area (Å²) in [4.78, 5) is 0. The van der Waals surface area contributed by atoms with Crippen LogP contribution in [0.4, 0.5) is 0 Å². The Morgan fingerprint density at radius 2 is 1.23 bits per heavy atom. The van der Waals surface area contributed by atoms with Gasteiger partial charge in [-0.25, -0.2) is 0 Å². The standard InChI is InChI=1S/C20H42O2/c1-8-11-12-13-14-15-16-19(9-2)20(10-3,21-17(4)5)22-18(6)7/h17-19H,8-16H2,1-7H3. The Morgan fingerprint density at radius 3 is 1.64 bits per heavy atom. The molecule has 1 unspecified atom stereocenters. The van der Waals surface area contributed by atoms with Gasteiger partial charge in [-0.1, -0.05) is 59.3 Å². The van der Waals surface area contributed by atoms with Crippen LogP contribution in [0, 0.1) is 5.92 Å². The van der Waals surface area contributed by atoms with Gasteiger partial charge in [0.25, 0.3) is 0 Å². The van der Waals surface area contributed by atoms with Crippen LogP contribution in [0.3, 0.4) is 0 Å². The highest BCUT2D eigenvalue weighted by atomic mass is 16.7. The van der Waals surface area contributed by atoms with Crippen LogP contribution in [0.2, 0.25) is 0 Å². The van der Waals surface area contributed by atoms with Crippen molar-refractivity contribution in [3.05, 3.63) is 0 Å². The fourth-order valence-electron chi connectivity index (χ4n) is 3.38. The molecule has 0 saturated carbocycles. The molecule has 0 saturated heterocycles. The first-order chi connectivity index (χ1) is 10.4. The van der Waals surface area contributed by atoms with Gasteiger partial charge >= 0.3 is 0 Å². The van der Waals surface area contributed by atoms with Gasteiger partial charge < -0.3 is 9.47 Å². The fraction of sp³-hybridized carbons (Fsp3) is 1.00. The molecule has 2 nitrogen and oxygen atoms in total. The van der Waals surface area contributed by atoms with Gasteiger partial charge in [0, 0.05) is 5.92 Å². The molecular weight excluding hydrogens is 272 g/mol. The molecule has 0 N–H and O–H groups in total. The largest absolute Gasteiger partial charge is 0.347 e. The third-order valence-corrected chi connectivity index (χ3v) is 4.38. The van der Waals surface area contributed by atoms with Gasteiger partial charge in [0.1, 0.15) is 0 Å². The molecule has 2 heteroatoms. The first-order valence-corrected chi connectivity index (χ1v) is 9.77. The molecule has 134 valence electrons. The van der Waals surface area contributed by atoms with Crippen LogP contribution in [0.15, 0.2) is 0 Å². The van der Waals surface area contributed by atoms with Crippen LogP contribution in [-0.2, 0) is 9.47 Å². The maximum atomic E-state index is 6.32. The van der Waals surface area contributed by atoms with E-state index >= 15 is 0 Å². The van der Waals surface area contributed by atoms with E-state index in [0.717, 1.165) is 12.8 Å². The minimum absolute atomic E-state index is 0.206. The minimum Gasteiger partial charge on any atom is -0.347 e. The van der Waals surface area contributed by atoms with Crippen LogP contribution < -0.4 is 0 Å². The van der Waals surface area contributed by atoms with Gasteiger partial charge in [-0.15, -0.1) is 0 Å². The van der Waals surface area contributed by atoms with Crippen LogP contribution in [-0.4, -0.2) is 18.0 Å². The average Bonchev–Trinajstić information content (AvgIpc) is 2.44. The molecule has 0 aromatic rings. The zero-order chi connectivity index (χ0) is 17.0. The second-order valence-electron chi connectivity index (χ2n) is 7.16. The molecule has 0 rings (SSSR count). The van der Waals surface area contributed by atoms with E-state index in [1.807, 2.05) is 0 Å². The number of hydrogen-bond acceptors (Lipinski definition) is 2. The molecule has 0 fully saturated rings. The van der Waals surface area contributed by atoms with Crippen molar-refractivity contribution in [3.63, 3.8) is 0 Å². The molecule has 0 aliphatic carbocycles. The average molecular weight is 315 g/mol. The van der Waals surface area contributed by atoms with Crippen molar-refractivity contribution in [2.75, 3.05) is 0 Å². The predicted molar refractivity (Wildman–Crippen MR) is 97.2 cm³/mol. The minimum atomic E-state index is -0.402. The quantitative estimate of drug-likeness (QED) is 0.262. The molecule has 0 amide bonds. The third-order valence-electron chi connectivity index (χ3n) is 4.38. The van der Waals surface area contributed by atoms with Crippen molar-refractivity contribution in [3.8, 4) is 0 Å². The molecule has 0 heterocycles. The van der Waals surface area contributed by atoms with Gasteiger partial charge in [-0.3, -0.25) is 0 Å². The number of rotatable bonds is 14. The van der Waals surface area contributed by atoms with E-state index in [-0.39, 0.29) is 12.2 Å². The van der Waals surface area contributed by atoms with E-state index in [0.29, 0.717) is 5.92 Å². The second kappa shape index (κ2) is 12.4. The summed E-state index contributed by atoms with van der Waals surface area (Å²) in [6.45, 7) is 15.2. The summed E-state index contributed by atoms with van der Waals surface area (Å²) in [5, 5.41) is 0. The van der Waals surface area contributed by atoms with Crippen molar-refractivity contribution >= 4 is 0 Å². The molecule has 0 spiro atoms. The lowest BCUT2D eigenvalue weighted by Crippen LogP contribution is -2.46. The summed E-state index contributed by atoms with van der Waals surface area (Å²) >= 11 is 0. The Balaban J connectivity index is 4.61. The van der Waals surface area contributed by atoms with Crippen LogP contribution in [0.5, 0.6) is 0 Å². The zero-order valence-corrected chi connectivity index (χ0v) is 16.4. The van der Waals surface area contributed by atoms with Crippen molar-refractivity contribution in [1.82, 2.24) is 0 Å². The number of hydrogen-bond donors (Lipinski definition) is 0. The summed E-state index contributed by atoms with van der Waals surface area (Å²) in [5.74, 6) is 0.0917. The maximum Gasteiger partial charge on any atom is 0.171 e. The Labute approximate surface area is 140 Å². The molecule has 1 atom stereocenters. The molecular formula is C20H42O2. The smallest absolute Gasteiger partial charge is 0.171 e. The molecule has 0 radical (unpaired) electrons. The molecule has 0 aromatic carbocycles. The van der Waals surface area contributed by atoms with Gasteiger partial charge in [-0.2, -0.15) is 0 Å². The van der Waals surface area contributed by atoms with Crippen LogP contribution in [0.1, 0.15) is 106 Å². The topological polar surface area (TPSA) is 18.5 Å². The van der Waals surface area contributed by atoms with Crippen molar-refractivity contribution < 1.29 is 9.47 Å². The highest BCUT2D eigenvalue weighted by Gasteiger charge is 2.39. The van der Waals surface area contributed by atoms with E-state index < -0.39 is 5.79 Å². The Bertz CT molecular complexity index is 238. The van der Waals surface area contributed by atoms with E-state index in [1.165, 1.54) is 44.9 Å². The van der Waals surface area contributed by atoms with Gasteiger partial charge in [0.05, 0.1) is 12.2 Å². The fourth-order valence-corrected chi connectivity index (χ4v) is 3.38. The zero-order valence-electron chi connectivity index (χ0n) is 16.4. The predicted octanol–water partition coefficient (Wildman–Crippen LogP) is 6.72. The van der Waals surface area contributed by atoms with E-state index in [1.54, 1.807) is 0 Å². The van der Waals surface area contributed by atoms with E-state index in [9.17, 15) is 0 Å². The van der Waals surface area contributed by atoms with Gasteiger partial charge in [-0.05, 0) is 47.0 Å². The first kappa shape index (κ1) is 21.9. The Morgan fingerprint density at radius 1 is 0.727 bits per heavy atom. The summed E-state index contributed by atoms with van der Waals surface area (Å²) in [6.07, 6.45) is 11.8. The van der Waals surface area contributed by atoms with Crippen LogP contribution >= 0.6 is 0 Å². The second-order valence-corrected chi connectivity index (χ2v) is 7.16. The Hall–Kier alpha value is -0.0800. The summed E-state index contributed by atoms with van der Waals surface area (Å²) in [6, 6.07) is 0. The lowest BCUT2D eigenvalue weighted by atomic mass is 9.87. The first-order valence-electron chi connectivity index (χ1n) is 9.77. The van der Waals surface area contributed by atoms with E-state index in [2.05, 4.69) is 48.5 Å². The normalized spacial score (nSPS) is 14.0. The molecule has 0 bridgehead atoms. The van der Waals surface area contributed by atoms with Crippen molar-refractivity contribution in [1.29, 1.82) is 0 Å². The van der Waals surface area contributed by atoms with Gasteiger partial charge in [0.2, 0.25) is 0 Å². The third kappa shape index (κ3) is 8.53. The number of ether oxygens (including phenoxy) is 2. The molecule has 22 heavy (non-hydrogen) atoms. The summed E-state index contributed by atoms with van der Waals surface area (Å²) in [5.41, 5.74) is 0. The van der Waals surface area contributed by atoms with Crippen molar-refractivity contribution in [2.45, 2.75) is 124 Å². The molecule has 0 aliphatic heterocycles. The summed E-state index contributed by atoms with van der Waals surface area (Å²) < 4.78 is 12.6. The maximum absolute atomic E-state index is 6.32. The lowest BCUT2D eigenvalue weighted by molar-refractivity contribution is -0.299. The highest BCUT2D eigenvalue weighted by Crippen LogP contribution is 2.36. The SMILES string of the molecule is CCCCCCCCC(CC)C(CC)(OC(C)C)OC(C)C. The monoisotopic (exact) mass is 314 g/mol. The van der Waals surface area contributed by atoms with E-state index in [4.69, 9.17) is 9.47 Å². The lowest BCUT2D eigenvalue weighted by Gasteiger charge is -2.42. The Kier molecular flexibility index (Phi) is 12.3. The van der Waals surface area contributed by atoms with Crippen molar-refractivity contribution in [2.24, 2.45) is 5.92 Å². The summed E-state index contributed by atoms with van der Waals surface area (Å²) in [7, 11) is 0. The molecule has 0 aromatic heterocycles. The number of unbranched alkanes of at least 4 members (excludes halogenated alkanes) is 5.